The van der Waals surface area contributed by atoms with Crippen LogP contribution >= 0.6 is 12.2 Å². The van der Waals surface area contributed by atoms with Gasteiger partial charge in [0.15, 0.2) is 5.11 Å². The van der Waals surface area contributed by atoms with Crippen LogP contribution in [0.25, 0.3) is 0 Å². The van der Waals surface area contributed by atoms with Gasteiger partial charge in [-0.05, 0) is 113 Å². The number of carbonyl (C=O) groups is 4. The minimum absolute atomic E-state index is 0.0159. The molecule has 3 atom stereocenters. The van der Waals surface area contributed by atoms with Gasteiger partial charge in [0.1, 0.15) is 23.9 Å². The summed E-state index contributed by atoms with van der Waals surface area (Å²) in [7, 11) is 0. The number of piperazine rings is 1. The summed E-state index contributed by atoms with van der Waals surface area (Å²) in [5.41, 5.74) is -0.290. The maximum atomic E-state index is 13.8. The number of imide groups is 1. The lowest BCUT2D eigenvalue weighted by atomic mass is 10.0. The summed E-state index contributed by atoms with van der Waals surface area (Å²) in [6.07, 6.45) is -3.54. The van der Waals surface area contributed by atoms with Crippen molar-refractivity contribution in [1.29, 1.82) is 5.26 Å². The molecule has 3 aromatic carbocycles. The molecule has 0 spiro atoms. The predicted octanol–water partition coefficient (Wildman–Crippen LogP) is 5.69. The number of halogens is 3. The smallest absolute Gasteiger partial charge is 0.417 e. The molecule has 1 unspecified atom stereocenters. The van der Waals surface area contributed by atoms with Crippen molar-refractivity contribution in [3.63, 3.8) is 0 Å². The van der Waals surface area contributed by atoms with Crippen molar-refractivity contribution in [3.05, 3.63) is 77.4 Å². The minimum atomic E-state index is -4.80. The lowest BCUT2D eigenvalue weighted by Gasteiger charge is -2.42. The zero-order chi connectivity index (χ0) is 42.8. The Morgan fingerprint density at radius 1 is 1.07 bits per heavy atom. The first-order valence-corrected chi connectivity index (χ1v) is 19.9. The number of piperidine rings is 1. The monoisotopic (exact) mass is 832 g/mol. The molecule has 0 saturated carbocycles. The van der Waals surface area contributed by atoms with Crippen molar-refractivity contribution in [2.24, 2.45) is 0 Å². The SMILES string of the molecule is CCc1cc(N2C(=S)N(c3ccc(C#N)c(C(F)(F)F)c3)C(=O)C2(C)C)ccc1OCCN1CCN([C@@H](C)C(=O)Nc2cccc(NC3CCC(=O)NC3=O)c2)[C@H](C)C1. The molecule has 3 aliphatic heterocycles. The number of hydrogen-bond donors (Lipinski definition) is 3. The predicted molar refractivity (Wildman–Crippen MR) is 221 cm³/mol. The summed E-state index contributed by atoms with van der Waals surface area (Å²) >= 11 is 5.72. The Morgan fingerprint density at radius 2 is 1.80 bits per heavy atom. The molecule has 3 N–H and O–H groups in total. The van der Waals surface area contributed by atoms with E-state index >= 15 is 0 Å². The molecule has 13 nitrogen and oxygen atoms in total. The van der Waals surface area contributed by atoms with Crippen molar-refractivity contribution in [1.82, 2.24) is 15.1 Å². The average molecular weight is 833 g/mol. The molecule has 312 valence electrons. The molecule has 3 heterocycles. The van der Waals surface area contributed by atoms with Gasteiger partial charge in [-0.15, -0.1) is 0 Å². The van der Waals surface area contributed by atoms with E-state index in [0.29, 0.717) is 55.3 Å². The van der Waals surface area contributed by atoms with E-state index < -0.39 is 40.8 Å². The Bertz CT molecular complexity index is 2190. The molecule has 3 aliphatic rings. The van der Waals surface area contributed by atoms with Crippen LogP contribution in [0.2, 0.25) is 0 Å². The number of ether oxygens (including phenoxy) is 1. The maximum Gasteiger partial charge on any atom is 0.417 e. The molecule has 0 bridgehead atoms. The number of hydrogen-bond acceptors (Lipinski definition) is 10. The van der Waals surface area contributed by atoms with Crippen LogP contribution in [-0.2, 0) is 31.8 Å². The third-order valence-corrected chi connectivity index (χ3v) is 11.4. The van der Waals surface area contributed by atoms with E-state index in [2.05, 4.69) is 32.7 Å². The number of aryl methyl sites for hydroxylation is 1. The van der Waals surface area contributed by atoms with Crippen LogP contribution < -0.4 is 30.5 Å². The number of nitrogens with zero attached hydrogens (tertiary/aromatic N) is 5. The second-order valence-electron chi connectivity index (χ2n) is 15.4. The van der Waals surface area contributed by atoms with Gasteiger partial charge >= 0.3 is 6.18 Å². The van der Waals surface area contributed by atoms with Gasteiger partial charge in [-0.25, -0.2) is 0 Å². The standard InChI is InChI=1S/C42H47F3N8O5S/c1-6-27-20-32(53-40(59)52(39(57)41(53,4)5)31-11-10-28(23-46)33(22-31)42(43,44)45)12-14-35(27)58-19-18-50-16-17-51(25(2)24-50)26(3)37(55)48-30-9-7-8-29(21-30)47-34-13-15-36(54)49-38(34)56/h7-12,14,20-22,25-26,34,47H,6,13,15-19,24H2,1-5H3,(H,48,55)(H,49,54,56)/t25-,26+,34?/m1/s1. The van der Waals surface area contributed by atoms with Crippen molar-refractivity contribution in [2.75, 3.05) is 53.2 Å². The van der Waals surface area contributed by atoms with E-state index in [9.17, 15) is 37.6 Å². The first kappa shape index (κ1) is 43.0. The van der Waals surface area contributed by atoms with Crippen LogP contribution in [0.3, 0.4) is 0 Å². The molecule has 0 radical (unpaired) electrons. The molecule has 0 aliphatic carbocycles. The Labute approximate surface area is 346 Å². The molecule has 3 saturated heterocycles. The zero-order valence-electron chi connectivity index (χ0n) is 33.5. The second-order valence-corrected chi connectivity index (χ2v) is 15.8. The Hall–Kier alpha value is -5.57. The number of thiocarbonyl (C=S) groups is 1. The number of carbonyl (C=O) groups excluding carboxylic acids is 4. The molecular weight excluding hydrogens is 786 g/mol. The van der Waals surface area contributed by atoms with Gasteiger partial charge in [-0.2, -0.15) is 18.4 Å². The van der Waals surface area contributed by atoms with E-state index in [-0.39, 0.29) is 41.0 Å². The maximum absolute atomic E-state index is 13.8. The van der Waals surface area contributed by atoms with E-state index in [1.54, 1.807) is 55.1 Å². The van der Waals surface area contributed by atoms with Crippen LogP contribution in [-0.4, -0.2) is 95.0 Å². The van der Waals surface area contributed by atoms with E-state index in [1.807, 2.05) is 26.0 Å². The van der Waals surface area contributed by atoms with Crippen LogP contribution in [0.1, 0.15) is 64.2 Å². The zero-order valence-corrected chi connectivity index (χ0v) is 34.3. The highest BCUT2D eigenvalue weighted by atomic mass is 32.1. The van der Waals surface area contributed by atoms with Crippen LogP contribution in [0, 0.1) is 11.3 Å². The number of amides is 4. The summed E-state index contributed by atoms with van der Waals surface area (Å²) < 4.78 is 47.6. The number of anilines is 4. The number of nitriles is 1. The summed E-state index contributed by atoms with van der Waals surface area (Å²) in [5.74, 6) is -0.646. The van der Waals surface area contributed by atoms with Gasteiger partial charge in [-0.1, -0.05) is 13.0 Å². The molecule has 3 aromatic rings. The van der Waals surface area contributed by atoms with E-state index in [0.717, 1.165) is 35.7 Å². The third-order valence-electron chi connectivity index (χ3n) is 11.1. The molecule has 6 rings (SSSR count). The summed E-state index contributed by atoms with van der Waals surface area (Å²) in [5, 5.41) is 17.7. The fraction of sp³-hybridized carbons (Fsp3) is 0.429. The van der Waals surface area contributed by atoms with Gasteiger partial charge in [0.2, 0.25) is 17.7 Å². The van der Waals surface area contributed by atoms with Gasteiger partial charge < -0.3 is 20.3 Å². The highest BCUT2D eigenvalue weighted by Gasteiger charge is 2.51. The summed E-state index contributed by atoms with van der Waals surface area (Å²) in [6, 6.07) is 16.4. The number of alkyl halides is 3. The van der Waals surface area contributed by atoms with Gasteiger partial charge in [0.05, 0.1) is 28.9 Å². The molecule has 17 heteroatoms. The third kappa shape index (κ3) is 9.19. The first-order valence-electron chi connectivity index (χ1n) is 19.5. The van der Waals surface area contributed by atoms with Gasteiger partial charge in [0, 0.05) is 55.7 Å². The quantitative estimate of drug-likeness (QED) is 0.153. The van der Waals surface area contributed by atoms with E-state index in [4.69, 9.17) is 17.0 Å². The number of benzene rings is 3. The molecule has 4 amide bonds. The lowest BCUT2D eigenvalue weighted by molar-refractivity contribution is -0.138. The van der Waals surface area contributed by atoms with Crippen molar-refractivity contribution in [3.8, 4) is 11.8 Å². The van der Waals surface area contributed by atoms with Crippen molar-refractivity contribution >= 4 is 63.7 Å². The molecular formula is C42H47F3N8O5S. The Morgan fingerprint density at radius 3 is 2.47 bits per heavy atom. The van der Waals surface area contributed by atoms with E-state index in [1.165, 1.54) is 6.07 Å². The average Bonchev–Trinajstić information content (AvgIpc) is 3.37. The lowest BCUT2D eigenvalue weighted by Crippen LogP contribution is -2.57. The summed E-state index contributed by atoms with van der Waals surface area (Å²) in [4.78, 5) is 57.9. The number of nitrogens with one attached hydrogen (secondary N) is 3. The normalized spacial score (nSPS) is 20.6. The van der Waals surface area contributed by atoms with Crippen molar-refractivity contribution in [2.45, 2.75) is 83.7 Å². The fourth-order valence-electron chi connectivity index (χ4n) is 7.81. The summed E-state index contributed by atoms with van der Waals surface area (Å²) in [6.45, 7) is 12.4. The highest BCUT2D eigenvalue weighted by molar-refractivity contribution is 7.81. The fourth-order valence-corrected chi connectivity index (χ4v) is 8.33. The van der Waals surface area contributed by atoms with Gasteiger partial charge in [0.25, 0.3) is 5.91 Å². The largest absolute Gasteiger partial charge is 0.492 e. The Balaban J connectivity index is 1.03. The topological polar surface area (TPSA) is 150 Å². The Kier molecular flexibility index (Phi) is 12.6. The highest BCUT2D eigenvalue weighted by Crippen LogP contribution is 2.40. The van der Waals surface area contributed by atoms with Crippen LogP contribution in [0.5, 0.6) is 5.75 Å². The minimum Gasteiger partial charge on any atom is -0.492 e. The molecule has 59 heavy (non-hydrogen) atoms. The van der Waals surface area contributed by atoms with Crippen LogP contribution in [0.4, 0.5) is 35.9 Å². The first-order chi connectivity index (χ1) is 27.9. The molecule has 0 aromatic heterocycles. The number of rotatable bonds is 12. The second kappa shape index (κ2) is 17.3. The van der Waals surface area contributed by atoms with Crippen LogP contribution in [0.15, 0.2) is 60.7 Å². The van der Waals surface area contributed by atoms with Crippen molar-refractivity contribution < 1.29 is 37.1 Å². The van der Waals surface area contributed by atoms with Gasteiger partial charge in [-0.3, -0.25) is 39.2 Å². The molecule has 3 fully saturated rings.